The van der Waals surface area contributed by atoms with Crippen LogP contribution >= 0.6 is 0 Å². The van der Waals surface area contributed by atoms with Gasteiger partial charge in [0.2, 0.25) is 11.8 Å². The number of nitrogens with two attached hydrogens (primary N) is 1. The zero-order valence-corrected chi connectivity index (χ0v) is 19.3. The van der Waals surface area contributed by atoms with E-state index in [1.807, 2.05) is 0 Å². The Labute approximate surface area is 181 Å². The minimum atomic E-state index is -1.18. The van der Waals surface area contributed by atoms with Crippen molar-refractivity contribution in [3.05, 3.63) is 0 Å². The molecule has 0 aromatic carbocycles. The van der Waals surface area contributed by atoms with E-state index in [1.165, 1.54) is 0 Å². The molecule has 0 heterocycles. The largest absolute Gasteiger partial charge is 0.388 e. The molecule has 2 unspecified atom stereocenters. The summed E-state index contributed by atoms with van der Waals surface area (Å²) >= 11 is 0. The maximum atomic E-state index is 14.1. The summed E-state index contributed by atoms with van der Waals surface area (Å²) in [4.78, 5) is 28.4. The number of nitrogens with zero attached hydrogens (tertiary/aromatic N) is 1. The van der Waals surface area contributed by atoms with E-state index in [0.717, 1.165) is 19.3 Å². The third-order valence-electron chi connectivity index (χ3n) is 8.06. The summed E-state index contributed by atoms with van der Waals surface area (Å²) in [6, 6.07) is -0.798. The molecule has 0 aromatic rings. The van der Waals surface area contributed by atoms with Crippen molar-refractivity contribution in [1.82, 2.24) is 4.90 Å². The third kappa shape index (κ3) is 4.02. The Morgan fingerprint density at radius 2 is 1.17 bits per heavy atom. The van der Waals surface area contributed by atoms with E-state index >= 15 is 0 Å². The van der Waals surface area contributed by atoms with Gasteiger partial charge in [-0.05, 0) is 76.0 Å². The number of amides is 2. The number of hydrogen-bond donors (Lipinski definition) is 3. The van der Waals surface area contributed by atoms with E-state index in [-0.39, 0.29) is 17.7 Å². The van der Waals surface area contributed by atoms with Gasteiger partial charge in [-0.15, -0.1) is 0 Å². The van der Waals surface area contributed by atoms with Gasteiger partial charge >= 0.3 is 0 Å². The second kappa shape index (κ2) is 8.42. The molecule has 3 fully saturated rings. The van der Waals surface area contributed by atoms with E-state index in [9.17, 15) is 19.8 Å². The molecular formula is C24H42N2O4. The molecule has 0 aromatic heterocycles. The topological polar surface area (TPSA) is 104 Å². The van der Waals surface area contributed by atoms with Crippen LogP contribution in [0.25, 0.3) is 0 Å². The molecule has 4 N–H and O–H groups in total. The monoisotopic (exact) mass is 422 g/mol. The van der Waals surface area contributed by atoms with Crippen LogP contribution in [0.3, 0.4) is 0 Å². The Kier molecular flexibility index (Phi) is 6.60. The summed E-state index contributed by atoms with van der Waals surface area (Å²) in [7, 11) is 0. The van der Waals surface area contributed by atoms with Gasteiger partial charge in [0.25, 0.3) is 0 Å². The molecule has 3 aliphatic carbocycles. The van der Waals surface area contributed by atoms with E-state index in [0.29, 0.717) is 51.4 Å². The maximum Gasteiger partial charge on any atom is 0.238 e. The second-order valence-corrected chi connectivity index (χ2v) is 11.2. The van der Waals surface area contributed by atoms with E-state index in [2.05, 4.69) is 27.7 Å². The lowest BCUT2D eigenvalue weighted by molar-refractivity contribution is -0.192. The first-order valence-electron chi connectivity index (χ1n) is 12.0. The van der Waals surface area contributed by atoms with Gasteiger partial charge in [0.1, 0.15) is 5.41 Å². The summed E-state index contributed by atoms with van der Waals surface area (Å²) in [5.41, 5.74) is 2.70. The van der Waals surface area contributed by atoms with Gasteiger partial charge < -0.3 is 20.8 Å². The molecule has 6 heteroatoms. The van der Waals surface area contributed by atoms with Crippen molar-refractivity contribution < 1.29 is 19.8 Å². The molecule has 0 bridgehead atoms. The smallest absolute Gasteiger partial charge is 0.238 e. The highest BCUT2D eigenvalue weighted by atomic mass is 16.3. The molecule has 0 aliphatic heterocycles. The number of rotatable bonds is 10. The van der Waals surface area contributed by atoms with Crippen molar-refractivity contribution >= 4 is 11.8 Å². The lowest BCUT2D eigenvalue weighted by atomic mass is 9.63. The first kappa shape index (κ1) is 23.5. The van der Waals surface area contributed by atoms with Crippen molar-refractivity contribution in [3.8, 4) is 0 Å². The fourth-order valence-corrected chi connectivity index (χ4v) is 5.66. The van der Waals surface area contributed by atoms with Crippen molar-refractivity contribution in [3.63, 3.8) is 0 Å². The predicted octanol–water partition coefficient (Wildman–Crippen LogP) is 3.13. The first-order chi connectivity index (χ1) is 14.0. The summed E-state index contributed by atoms with van der Waals surface area (Å²) in [5, 5.41) is 23.0. The average Bonchev–Trinajstić information content (AvgIpc) is 2.54. The molecule has 3 rings (SSSR count). The Morgan fingerprint density at radius 1 is 0.800 bits per heavy atom. The Hall–Kier alpha value is -1.14. The highest BCUT2D eigenvalue weighted by Crippen LogP contribution is 2.50. The quantitative estimate of drug-likeness (QED) is 0.471. The van der Waals surface area contributed by atoms with Gasteiger partial charge in [0, 0.05) is 0 Å². The maximum absolute atomic E-state index is 14.1. The first-order valence-corrected chi connectivity index (χ1v) is 12.0. The van der Waals surface area contributed by atoms with Crippen LogP contribution in [-0.4, -0.2) is 50.2 Å². The lowest BCUT2D eigenvalue weighted by Crippen LogP contribution is -2.70. The predicted molar refractivity (Wildman–Crippen MR) is 116 cm³/mol. The average molecular weight is 423 g/mol. The molecular weight excluding hydrogens is 380 g/mol. The Bertz CT molecular complexity index is 614. The van der Waals surface area contributed by atoms with Crippen LogP contribution in [0.15, 0.2) is 0 Å². The normalized spacial score (nSPS) is 25.6. The van der Waals surface area contributed by atoms with Crippen LogP contribution in [0.4, 0.5) is 0 Å². The van der Waals surface area contributed by atoms with Gasteiger partial charge in [-0.2, -0.15) is 0 Å². The van der Waals surface area contributed by atoms with Crippen LogP contribution in [0.5, 0.6) is 0 Å². The standard InChI is InChI=1S/C24H42N2O4/c1-16(2)14-18(23(29)10-6-11-23)26(21(28)22(20(25)27)8-5-9-22)19(15-17(3)4)24(30)12-7-13-24/h16-19,29-30H,5-15H2,1-4H3,(H2,25,27). The zero-order valence-electron chi connectivity index (χ0n) is 19.3. The van der Waals surface area contributed by atoms with E-state index < -0.39 is 34.6 Å². The number of hydrogen-bond acceptors (Lipinski definition) is 4. The van der Waals surface area contributed by atoms with Crippen molar-refractivity contribution in [1.29, 1.82) is 0 Å². The number of aliphatic hydroxyl groups is 2. The molecule has 2 atom stereocenters. The van der Waals surface area contributed by atoms with E-state index in [4.69, 9.17) is 5.73 Å². The second-order valence-electron chi connectivity index (χ2n) is 11.2. The van der Waals surface area contributed by atoms with Crippen LogP contribution < -0.4 is 5.73 Å². The summed E-state index contributed by atoms with van der Waals surface area (Å²) in [6.07, 6.45) is 7.56. The van der Waals surface area contributed by atoms with Gasteiger partial charge in [-0.1, -0.05) is 34.1 Å². The summed E-state index contributed by atoms with van der Waals surface area (Å²) < 4.78 is 0. The van der Waals surface area contributed by atoms with Crippen LogP contribution in [-0.2, 0) is 9.59 Å². The molecule has 0 spiro atoms. The molecule has 3 aliphatic rings. The SMILES string of the molecule is CC(C)CC(N(C(=O)C1(C(N)=O)CCC1)C(CC(C)C)C1(O)CCC1)C1(O)CCC1. The minimum Gasteiger partial charge on any atom is -0.388 e. The fourth-order valence-electron chi connectivity index (χ4n) is 5.66. The van der Waals surface area contributed by atoms with Crippen LogP contribution in [0.1, 0.15) is 98.3 Å². The molecule has 30 heavy (non-hydrogen) atoms. The Morgan fingerprint density at radius 3 is 1.37 bits per heavy atom. The van der Waals surface area contributed by atoms with Gasteiger partial charge in [0.05, 0.1) is 23.3 Å². The number of carbonyl (C=O) groups excluding carboxylic acids is 2. The lowest BCUT2D eigenvalue weighted by Gasteiger charge is -2.58. The number of carbonyl (C=O) groups is 2. The minimum absolute atomic E-state index is 0.252. The fraction of sp³-hybridized carbons (Fsp3) is 0.917. The molecule has 0 saturated heterocycles. The van der Waals surface area contributed by atoms with Crippen molar-refractivity contribution in [2.75, 3.05) is 0 Å². The summed E-state index contributed by atoms with van der Waals surface area (Å²) in [5.74, 6) is -0.261. The highest BCUT2D eigenvalue weighted by Gasteiger charge is 2.59. The van der Waals surface area contributed by atoms with Crippen LogP contribution in [0, 0.1) is 17.3 Å². The van der Waals surface area contributed by atoms with Gasteiger partial charge in [-0.25, -0.2) is 0 Å². The molecule has 6 nitrogen and oxygen atoms in total. The number of primary amides is 1. The van der Waals surface area contributed by atoms with Crippen LogP contribution in [0.2, 0.25) is 0 Å². The molecule has 172 valence electrons. The van der Waals surface area contributed by atoms with Crippen molar-refractivity contribution in [2.24, 2.45) is 23.0 Å². The zero-order chi connectivity index (χ0) is 22.3. The van der Waals surface area contributed by atoms with Gasteiger partial charge in [-0.3, -0.25) is 9.59 Å². The molecule has 2 amide bonds. The van der Waals surface area contributed by atoms with Gasteiger partial charge in [0.15, 0.2) is 0 Å². The molecule has 3 saturated carbocycles. The van der Waals surface area contributed by atoms with E-state index in [1.54, 1.807) is 4.90 Å². The Balaban J connectivity index is 2.08. The molecule has 0 radical (unpaired) electrons. The summed E-state index contributed by atoms with van der Waals surface area (Å²) in [6.45, 7) is 8.39. The third-order valence-corrected chi connectivity index (χ3v) is 8.06. The van der Waals surface area contributed by atoms with Crippen molar-refractivity contribution in [2.45, 2.75) is 122 Å². The highest BCUT2D eigenvalue weighted by molar-refractivity contribution is 6.05.